The zero-order valence-electron chi connectivity index (χ0n) is 6.40. The summed E-state index contributed by atoms with van der Waals surface area (Å²) in [6.45, 7) is 1.68. The van der Waals surface area contributed by atoms with Crippen LogP contribution in [0.3, 0.4) is 0 Å². The van der Waals surface area contributed by atoms with Crippen LogP contribution in [0.5, 0.6) is 0 Å². The van der Waals surface area contributed by atoms with Crippen LogP contribution < -0.4 is 0 Å². The van der Waals surface area contributed by atoms with Gasteiger partial charge in [-0.1, -0.05) is 35.0 Å². The second-order valence-corrected chi connectivity index (χ2v) is 3.27. The van der Waals surface area contributed by atoms with Gasteiger partial charge in [-0.05, 0) is 23.6 Å². The molecule has 0 saturated carbocycles. The van der Waals surface area contributed by atoms with Gasteiger partial charge in [0.25, 0.3) is 0 Å². The van der Waals surface area contributed by atoms with E-state index in [0.717, 1.165) is 16.5 Å². The molecule has 0 aliphatic rings. The largest absolute Gasteiger partial charge is 0.246 e. The third kappa shape index (κ3) is 2.03. The van der Waals surface area contributed by atoms with Gasteiger partial charge in [-0.25, -0.2) is 4.39 Å². The molecule has 0 bridgehead atoms. The van der Waals surface area contributed by atoms with Gasteiger partial charge in [0.05, 0.1) is 0 Å². The molecule has 0 heterocycles. The third-order valence-electron chi connectivity index (χ3n) is 1.67. The van der Waals surface area contributed by atoms with Crippen LogP contribution in [0.4, 0.5) is 4.39 Å². The number of alkyl halides is 1. The predicted octanol–water partition coefficient (Wildman–Crippen LogP) is 3.48. The Morgan fingerprint density at radius 3 is 2.64 bits per heavy atom. The highest BCUT2D eigenvalue weighted by Gasteiger charge is 1.98. The highest BCUT2D eigenvalue weighted by atomic mass is 79.9. The van der Waals surface area contributed by atoms with Gasteiger partial charge in [0.15, 0.2) is 0 Å². The molecule has 0 amide bonds. The first kappa shape index (κ1) is 8.72. The molecule has 1 rings (SSSR count). The number of rotatable bonds is 2. The molecule has 60 valence electrons. The first-order valence-electron chi connectivity index (χ1n) is 3.61. The summed E-state index contributed by atoms with van der Waals surface area (Å²) in [5.74, 6) is 0. The first-order chi connectivity index (χ1) is 5.27. The Hall–Kier alpha value is -0.370. The molecular formula is C9H10BrF. The van der Waals surface area contributed by atoms with E-state index in [-0.39, 0.29) is 0 Å². The maximum absolute atomic E-state index is 12.2. The molecule has 0 aromatic heterocycles. The van der Waals surface area contributed by atoms with E-state index in [4.69, 9.17) is 0 Å². The van der Waals surface area contributed by atoms with Crippen molar-refractivity contribution in [2.45, 2.75) is 20.0 Å². The smallest absolute Gasteiger partial charge is 0.116 e. The second-order valence-electron chi connectivity index (χ2n) is 2.41. The minimum absolute atomic E-state index is 0.398. The van der Waals surface area contributed by atoms with Crippen LogP contribution in [0.1, 0.15) is 18.1 Å². The van der Waals surface area contributed by atoms with Gasteiger partial charge in [0.1, 0.15) is 6.67 Å². The van der Waals surface area contributed by atoms with Gasteiger partial charge in [0, 0.05) is 4.47 Å². The molecular weight excluding hydrogens is 207 g/mol. The summed E-state index contributed by atoms with van der Waals surface area (Å²) in [7, 11) is 0. The zero-order chi connectivity index (χ0) is 8.27. The molecule has 0 nitrogen and oxygen atoms in total. The Morgan fingerprint density at radius 2 is 2.18 bits per heavy atom. The van der Waals surface area contributed by atoms with Crippen molar-refractivity contribution in [3.63, 3.8) is 0 Å². The maximum Gasteiger partial charge on any atom is 0.116 e. The lowest BCUT2D eigenvalue weighted by atomic mass is 10.1. The van der Waals surface area contributed by atoms with Gasteiger partial charge in [-0.2, -0.15) is 0 Å². The fraction of sp³-hybridized carbons (Fsp3) is 0.333. The van der Waals surface area contributed by atoms with Crippen LogP contribution in [-0.4, -0.2) is 0 Å². The molecule has 0 radical (unpaired) electrons. The summed E-state index contributed by atoms with van der Waals surface area (Å²) in [4.78, 5) is 0. The van der Waals surface area contributed by atoms with Crippen LogP contribution in [0.2, 0.25) is 0 Å². The standard InChI is InChI=1S/C9H10BrF/c1-2-7-3-4-8(6-11)9(10)5-7/h3-5H,2,6H2,1H3. The van der Waals surface area contributed by atoms with Crippen molar-refractivity contribution in [3.05, 3.63) is 33.8 Å². The van der Waals surface area contributed by atoms with E-state index in [1.165, 1.54) is 5.56 Å². The van der Waals surface area contributed by atoms with E-state index < -0.39 is 6.67 Å². The number of hydrogen-bond acceptors (Lipinski definition) is 0. The van der Waals surface area contributed by atoms with E-state index in [1.54, 1.807) is 0 Å². The lowest BCUT2D eigenvalue weighted by molar-refractivity contribution is 0.484. The van der Waals surface area contributed by atoms with E-state index in [2.05, 4.69) is 22.9 Å². The van der Waals surface area contributed by atoms with Gasteiger partial charge in [-0.3, -0.25) is 0 Å². The summed E-state index contributed by atoms with van der Waals surface area (Å²) in [6, 6.07) is 5.75. The van der Waals surface area contributed by atoms with Gasteiger partial charge in [-0.15, -0.1) is 0 Å². The highest BCUT2D eigenvalue weighted by molar-refractivity contribution is 9.10. The third-order valence-corrected chi connectivity index (χ3v) is 2.41. The van der Waals surface area contributed by atoms with Gasteiger partial charge in [0.2, 0.25) is 0 Å². The molecule has 1 aromatic carbocycles. The first-order valence-corrected chi connectivity index (χ1v) is 4.40. The molecule has 0 spiro atoms. The minimum atomic E-state index is -0.398. The fourth-order valence-electron chi connectivity index (χ4n) is 0.919. The Morgan fingerprint density at radius 1 is 1.45 bits per heavy atom. The lowest BCUT2D eigenvalue weighted by Gasteiger charge is -2.01. The van der Waals surface area contributed by atoms with Crippen LogP contribution in [-0.2, 0) is 13.1 Å². The fourth-order valence-corrected chi connectivity index (χ4v) is 1.45. The van der Waals surface area contributed by atoms with E-state index in [1.807, 2.05) is 18.2 Å². The molecule has 0 atom stereocenters. The van der Waals surface area contributed by atoms with Crippen molar-refractivity contribution in [2.75, 3.05) is 0 Å². The highest BCUT2D eigenvalue weighted by Crippen LogP contribution is 2.19. The molecule has 0 N–H and O–H groups in total. The molecule has 0 fully saturated rings. The molecule has 0 aliphatic heterocycles. The van der Waals surface area contributed by atoms with Crippen LogP contribution in [0.25, 0.3) is 0 Å². The number of halogens is 2. The molecule has 0 aliphatic carbocycles. The van der Waals surface area contributed by atoms with Crippen LogP contribution in [0, 0.1) is 0 Å². The van der Waals surface area contributed by atoms with E-state index >= 15 is 0 Å². The maximum atomic E-state index is 12.2. The average Bonchev–Trinajstić information content (AvgIpc) is 2.04. The summed E-state index contributed by atoms with van der Waals surface area (Å²) >= 11 is 3.31. The van der Waals surface area contributed by atoms with E-state index in [9.17, 15) is 4.39 Å². The van der Waals surface area contributed by atoms with Crippen LogP contribution in [0.15, 0.2) is 22.7 Å². The molecule has 2 heteroatoms. The minimum Gasteiger partial charge on any atom is -0.246 e. The molecule has 11 heavy (non-hydrogen) atoms. The number of aryl methyl sites for hydroxylation is 1. The SMILES string of the molecule is CCc1ccc(CF)c(Br)c1. The predicted molar refractivity (Wildman–Crippen MR) is 48.3 cm³/mol. The van der Waals surface area contributed by atoms with Crippen molar-refractivity contribution in [2.24, 2.45) is 0 Å². The molecule has 0 saturated heterocycles. The summed E-state index contributed by atoms with van der Waals surface area (Å²) in [6.07, 6.45) is 0.991. The summed E-state index contributed by atoms with van der Waals surface area (Å²) in [5, 5.41) is 0. The normalized spacial score (nSPS) is 10.1. The van der Waals surface area contributed by atoms with Crippen molar-refractivity contribution < 1.29 is 4.39 Å². The zero-order valence-corrected chi connectivity index (χ0v) is 7.99. The molecule has 1 aromatic rings. The van der Waals surface area contributed by atoms with E-state index in [0.29, 0.717) is 0 Å². The van der Waals surface area contributed by atoms with Crippen molar-refractivity contribution in [3.8, 4) is 0 Å². The Bertz CT molecular complexity index is 245. The topological polar surface area (TPSA) is 0 Å². The van der Waals surface area contributed by atoms with Crippen molar-refractivity contribution in [1.82, 2.24) is 0 Å². The van der Waals surface area contributed by atoms with Crippen molar-refractivity contribution in [1.29, 1.82) is 0 Å². The Balaban J connectivity index is 2.99. The Kier molecular flexibility index (Phi) is 3.06. The van der Waals surface area contributed by atoms with Gasteiger partial charge >= 0.3 is 0 Å². The molecule has 0 unspecified atom stereocenters. The van der Waals surface area contributed by atoms with Gasteiger partial charge < -0.3 is 0 Å². The lowest BCUT2D eigenvalue weighted by Crippen LogP contribution is -1.84. The van der Waals surface area contributed by atoms with Crippen molar-refractivity contribution >= 4 is 15.9 Å². The summed E-state index contributed by atoms with van der Waals surface area (Å²) < 4.78 is 13.1. The Labute approximate surface area is 74.6 Å². The van der Waals surface area contributed by atoms with Crippen LogP contribution >= 0.6 is 15.9 Å². The summed E-state index contributed by atoms with van der Waals surface area (Å²) in [5.41, 5.74) is 1.95. The monoisotopic (exact) mass is 216 g/mol. The number of benzene rings is 1. The quantitative estimate of drug-likeness (QED) is 0.711. The number of hydrogen-bond donors (Lipinski definition) is 0. The second kappa shape index (κ2) is 3.86. The average molecular weight is 217 g/mol.